The molecule has 0 amide bonds. The van der Waals surface area contributed by atoms with Gasteiger partial charge >= 0.3 is 0 Å². The third kappa shape index (κ3) is 4.21. The molecule has 0 aliphatic carbocycles. The first-order chi connectivity index (χ1) is 18.8. The number of imidazole rings is 1. The first kappa shape index (κ1) is 23.3. The Morgan fingerprint density at radius 1 is 0.553 bits per heavy atom. The smallest absolute Gasteiger partial charge is 0.137 e. The van der Waals surface area contributed by atoms with E-state index in [0.29, 0.717) is 0 Å². The van der Waals surface area contributed by atoms with Crippen LogP contribution in [0.5, 0.6) is 0 Å². The largest absolute Gasteiger partial charge is 0.309 e. The van der Waals surface area contributed by atoms with Gasteiger partial charge in [0.1, 0.15) is 5.65 Å². The lowest BCUT2D eigenvalue weighted by atomic mass is 10.0. The molecule has 182 valence electrons. The molecule has 0 spiro atoms. The maximum atomic E-state index is 4.74. The molecule has 0 unspecified atom stereocenters. The Labute approximate surface area is 222 Å². The minimum absolute atomic E-state index is 0.960. The molecule has 38 heavy (non-hydrogen) atoms. The Morgan fingerprint density at radius 3 is 1.66 bits per heavy atom. The van der Waals surface area contributed by atoms with Gasteiger partial charge in [-0.3, -0.25) is 0 Å². The van der Waals surface area contributed by atoms with Crippen LogP contribution in [-0.4, -0.2) is 14.0 Å². The summed E-state index contributed by atoms with van der Waals surface area (Å²) >= 11 is 0. The Hall–Kier alpha value is -5.15. The molecule has 0 saturated heterocycles. The van der Waals surface area contributed by atoms with Gasteiger partial charge in [-0.1, -0.05) is 104 Å². The number of hydrogen-bond donors (Lipinski definition) is 0. The molecule has 0 N–H and O–H groups in total. The quantitative estimate of drug-likeness (QED) is 0.226. The number of aromatic nitrogens is 3. The van der Waals surface area contributed by atoms with E-state index in [-0.39, 0.29) is 0 Å². The number of pyridine rings is 1. The molecule has 7 aromatic rings. The molecule has 3 aromatic heterocycles. The second kappa shape index (κ2) is 10.1. The van der Waals surface area contributed by atoms with Gasteiger partial charge in [0.05, 0.1) is 16.7 Å². The Kier molecular flexibility index (Phi) is 6.17. The number of hydrogen-bond acceptors (Lipinski definition) is 1. The predicted octanol–water partition coefficient (Wildman–Crippen LogP) is 9.12. The van der Waals surface area contributed by atoms with Crippen molar-refractivity contribution in [2.45, 2.75) is 0 Å². The van der Waals surface area contributed by atoms with Crippen LogP contribution in [0, 0.1) is 0 Å². The van der Waals surface area contributed by atoms with Crippen molar-refractivity contribution < 1.29 is 0 Å². The second-order valence-corrected chi connectivity index (χ2v) is 9.06. The van der Waals surface area contributed by atoms with Gasteiger partial charge in [0, 0.05) is 34.4 Å². The average molecular weight is 490 g/mol. The van der Waals surface area contributed by atoms with Crippen LogP contribution in [0.3, 0.4) is 0 Å². The van der Waals surface area contributed by atoms with Crippen molar-refractivity contribution in [1.82, 2.24) is 14.0 Å². The molecule has 7 rings (SSSR count). The molecule has 0 aliphatic heterocycles. The summed E-state index contributed by atoms with van der Waals surface area (Å²) in [4.78, 5) is 4.74. The lowest BCUT2D eigenvalue weighted by molar-refractivity contribution is 1.18. The van der Waals surface area contributed by atoms with Crippen molar-refractivity contribution in [3.05, 3.63) is 153 Å². The highest BCUT2D eigenvalue weighted by Gasteiger charge is 2.11. The summed E-state index contributed by atoms with van der Waals surface area (Å²) < 4.78 is 4.40. The lowest BCUT2D eigenvalue weighted by Crippen LogP contribution is -1.93. The zero-order chi connectivity index (χ0) is 25.9. The summed E-state index contributed by atoms with van der Waals surface area (Å²) in [5.41, 5.74) is 9.09. The minimum Gasteiger partial charge on any atom is -0.309 e. The number of para-hydroxylation sites is 2. The van der Waals surface area contributed by atoms with Crippen molar-refractivity contribution in [3.8, 4) is 28.1 Å². The average Bonchev–Trinajstić information content (AvgIpc) is 3.57. The number of nitrogens with zero attached hydrogens (tertiary/aromatic N) is 3. The van der Waals surface area contributed by atoms with E-state index >= 15 is 0 Å². The molecule has 0 atom stereocenters. The van der Waals surface area contributed by atoms with Crippen molar-refractivity contribution >= 4 is 27.5 Å². The van der Waals surface area contributed by atoms with Crippen LogP contribution in [0.25, 0.3) is 55.5 Å². The number of allylic oxidation sites excluding steroid dienone is 2. The number of benzene rings is 4. The van der Waals surface area contributed by atoms with Gasteiger partial charge in [0.25, 0.3) is 0 Å². The lowest BCUT2D eigenvalue weighted by Gasteiger charge is -2.09. The SMILES string of the molecule is C=CC=C.c1ccc2c(c1)c1ccccc1n2-c1ccc(-c2ccc(-c3cn4ccccc4n3)cc2)cc1. The zero-order valence-electron chi connectivity index (χ0n) is 21.0. The van der Waals surface area contributed by atoms with Crippen molar-refractivity contribution in [2.24, 2.45) is 0 Å². The van der Waals surface area contributed by atoms with E-state index in [4.69, 9.17) is 4.98 Å². The van der Waals surface area contributed by atoms with Crippen molar-refractivity contribution in [3.63, 3.8) is 0 Å². The fraction of sp³-hybridized carbons (Fsp3) is 0. The predicted molar refractivity (Wildman–Crippen MR) is 161 cm³/mol. The highest BCUT2D eigenvalue weighted by Crippen LogP contribution is 2.32. The van der Waals surface area contributed by atoms with E-state index in [1.54, 1.807) is 12.2 Å². The van der Waals surface area contributed by atoms with Crippen LogP contribution in [0.4, 0.5) is 0 Å². The molecule has 0 fully saturated rings. The monoisotopic (exact) mass is 489 g/mol. The minimum atomic E-state index is 0.960. The maximum absolute atomic E-state index is 4.74. The van der Waals surface area contributed by atoms with Gasteiger partial charge in [-0.25, -0.2) is 4.98 Å². The van der Waals surface area contributed by atoms with E-state index in [1.165, 1.54) is 38.6 Å². The van der Waals surface area contributed by atoms with Crippen molar-refractivity contribution in [1.29, 1.82) is 0 Å². The fourth-order valence-electron chi connectivity index (χ4n) is 4.91. The summed E-state index contributed by atoms with van der Waals surface area (Å²) in [6.07, 6.45) is 7.38. The standard InChI is InChI=1S/C31H21N3.C4H6/c1-3-9-29-26(7-1)27-8-2-4-10-30(27)34(29)25-18-16-23(17-19-25)22-12-14-24(15-13-22)28-21-33-20-6-5-11-31(33)32-28;1-3-4-2/h1-21H;3-4H,1-2H2. The molecule has 0 radical (unpaired) electrons. The first-order valence-electron chi connectivity index (χ1n) is 12.6. The van der Waals surface area contributed by atoms with Crippen LogP contribution in [0.2, 0.25) is 0 Å². The van der Waals surface area contributed by atoms with Crippen LogP contribution >= 0.6 is 0 Å². The molecule has 0 aliphatic rings. The van der Waals surface area contributed by atoms with E-state index in [9.17, 15) is 0 Å². The van der Waals surface area contributed by atoms with E-state index in [2.05, 4.69) is 125 Å². The van der Waals surface area contributed by atoms with Gasteiger partial charge in [-0.05, 0) is 47.5 Å². The fourth-order valence-corrected chi connectivity index (χ4v) is 4.91. The van der Waals surface area contributed by atoms with Crippen LogP contribution in [-0.2, 0) is 0 Å². The summed E-state index contributed by atoms with van der Waals surface area (Å²) in [6.45, 7) is 6.72. The van der Waals surface area contributed by atoms with Crippen molar-refractivity contribution in [2.75, 3.05) is 0 Å². The molecule has 0 saturated carbocycles. The molecular weight excluding hydrogens is 462 g/mol. The highest BCUT2D eigenvalue weighted by atomic mass is 15.0. The van der Waals surface area contributed by atoms with Crippen LogP contribution in [0.15, 0.2) is 153 Å². The summed E-state index contributed by atoms with van der Waals surface area (Å²) in [7, 11) is 0. The third-order valence-corrected chi connectivity index (χ3v) is 6.75. The molecular formula is C35H27N3. The van der Waals surface area contributed by atoms with Gasteiger partial charge in [0.2, 0.25) is 0 Å². The summed E-state index contributed by atoms with van der Waals surface area (Å²) in [5, 5.41) is 2.56. The van der Waals surface area contributed by atoms with E-state index in [1.807, 2.05) is 24.4 Å². The summed E-state index contributed by atoms with van der Waals surface area (Å²) in [6, 6.07) is 40.8. The second-order valence-electron chi connectivity index (χ2n) is 9.06. The van der Waals surface area contributed by atoms with E-state index in [0.717, 1.165) is 16.9 Å². The van der Waals surface area contributed by atoms with E-state index < -0.39 is 0 Å². The van der Waals surface area contributed by atoms with Crippen LogP contribution in [0.1, 0.15) is 0 Å². The van der Waals surface area contributed by atoms with Gasteiger partial charge in [0.15, 0.2) is 0 Å². The summed E-state index contributed by atoms with van der Waals surface area (Å²) in [5.74, 6) is 0. The van der Waals surface area contributed by atoms with Gasteiger partial charge in [-0.2, -0.15) is 0 Å². The maximum Gasteiger partial charge on any atom is 0.137 e. The zero-order valence-corrected chi connectivity index (χ0v) is 21.0. The molecule has 3 nitrogen and oxygen atoms in total. The normalized spacial score (nSPS) is 10.8. The Morgan fingerprint density at radius 2 is 1.08 bits per heavy atom. The highest BCUT2D eigenvalue weighted by molar-refractivity contribution is 6.09. The number of fused-ring (bicyclic) bond motifs is 4. The van der Waals surface area contributed by atoms with Crippen LogP contribution < -0.4 is 0 Å². The Bertz CT molecular complexity index is 1790. The number of rotatable bonds is 4. The molecule has 0 bridgehead atoms. The van der Waals surface area contributed by atoms with Gasteiger partial charge in [-0.15, -0.1) is 0 Å². The molecule has 3 heterocycles. The third-order valence-electron chi connectivity index (χ3n) is 6.75. The molecule has 4 aromatic carbocycles. The topological polar surface area (TPSA) is 22.2 Å². The first-order valence-corrected chi connectivity index (χ1v) is 12.6. The Balaban J connectivity index is 0.000000620. The molecule has 3 heteroatoms. The van der Waals surface area contributed by atoms with Gasteiger partial charge < -0.3 is 8.97 Å².